The van der Waals surface area contributed by atoms with Crippen LogP contribution in [0.3, 0.4) is 0 Å². The standard InChI is InChI=1S/C19H16N2O2S/c1-21(14-16-8-6-15(13-20)7-9-16)24(22,23)19-11-10-17-4-2-3-5-18(17)12-19/h2-12H,14H2,1H3. The minimum atomic E-state index is -3.58. The van der Waals surface area contributed by atoms with Crippen LogP contribution in [0.1, 0.15) is 11.1 Å². The van der Waals surface area contributed by atoms with E-state index in [2.05, 4.69) is 0 Å². The van der Waals surface area contributed by atoms with Crippen LogP contribution in [0.4, 0.5) is 0 Å². The fraction of sp³-hybridized carbons (Fsp3) is 0.105. The third-order valence-electron chi connectivity index (χ3n) is 3.92. The van der Waals surface area contributed by atoms with Crippen LogP contribution in [0.25, 0.3) is 10.8 Å². The Kier molecular flexibility index (Phi) is 4.34. The van der Waals surface area contributed by atoms with E-state index < -0.39 is 10.0 Å². The average Bonchev–Trinajstić information content (AvgIpc) is 2.61. The zero-order valence-electron chi connectivity index (χ0n) is 13.2. The van der Waals surface area contributed by atoms with E-state index >= 15 is 0 Å². The Morgan fingerprint density at radius 2 is 1.62 bits per heavy atom. The van der Waals surface area contributed by atoms with Gasteiger partial charge in [-0.25, -0.2) is 8.42 Å². The van der Waals surface area contributed by atoms with E-state index in [1.54, 1.807) is 43.4 Å². The average molecular weight is 336 g/mol. The van der Waals surface area contributed by atoms with E-state index in [0.717, 1.165) is 16.3 Å². The number of fused-ring (bicyclic) bond motifs is 1. The van der Waals surface area contributed by atoms with E-state index in [0.29, 0.717) is 5.56 Å². The molecule has 0 aliphatic heterocycles. The van der Waals surface area contributed by atoms with Gasteiger partial charge >= 0.3 is 0 Å². The SMILES string of the molecule is CN(Cc1ccc(C#N)cc1)S(=O)(=O)c1ccc2ccccc2c1. The molecule has 0 fully saturated rings. The summed E-state index contributed by atoms with van der Waals surface area (Å²) in [4.78, 5) is 0.275. The van der Waals surface area contributed by atoms with Crippen molar-refractivity contribution in [1.82, 2.24) is 4.31 Å². The number of hydrogen-bond donors (Lipinski definition) is 0. The fourth-order valence-electron chi connectivity index (χ4n) is 2.53. The van der Waals surface area contributed by atoms with Crippen molar-refractivity contribution in [2.75, 3.05) is 7.05 Å². The summed E-state index contributed by atoms with van der Waals surface area (Å²) in [5, 5.41) is 10.7. The largest absolute Gasteiger partial charge is 0.243 e. The van der Waals surface area contributed by atoms with Crippen LogP contribution in [0.15, 0.2) is 71.6 Å². The zero-order valence-corrected chi connectivity index (χ0v) is 14.0. The molecule has 3 aromatic carbocycles. The molecule has 5 heteroatoms. The highest BCUT2D eigenvalue weighted by Crippen LogP contribution is 2.22. The molecule has 0 aliphatic carbocycles. The first-order valence-electron chi connectivity index (χ1n) is 7.45. The smallest absolute Gasteiger partial charge is 0.207 e. The van der Waals surface area contributed by atoms with Gasteiger partial charge in [-0.15, -0.1) is 0 Å². The van der Waals surface area contributed by atoms with Gasteiger partial charge in [-0.2, -0.15) is 9.57 Å². The number of rotatable bonds is 4. The first-order valence-corrected chi connectivity index (χ1v) is 8.89. The van der Waals surface area contributed by atoms with Crippen LogP contribution in [0.5, 0.6) is 0 Å². The topological polar surface area (TPSA) is 61.2 Å². The Bertz CT molecular complexity index is 1020. The van der Waals surface area contributed by atoms with Crippen molar-refractivity contribution in [2.45, 2.75) is 11.4 Å². The highest BCUT2D eigenvalue weighted by Gasteiger charge is 2.21. The first kappa shape index (κ1) is 16.2. The third-order valence-corrected chi connectivity index (χ3v) is 5.72. The Morgan fingerprint density at radius 1 is 0.958 bits per heavy atom. The van der Waals surface area contributed by atoms with Crippen molar-refractivity contribution in [3.63, 3.8) is 0 Å². The minimum absolute atomic E-state index is 0.251. The van der Waals surface area contributed by atoms with Crippen LogP contribution in [0.2, 0.25) is 0 Å². The maximum Gasteiger partial charge on any atom is 0.243 e. The second-order valence-corrected chi connectivity index (χ2v) is 7.62. The normalized spacial score (nSPS) is 11.5. The Labute approximate surface area is 141 Å². The number of benzene rings is 3. The summed E-state index contributed by atoms with van der Waals surface area (Å²) in [5.41, 5.74) is 1.39. The van der Waals surface area contributed by atoms with Crippen molar-refractivity contribution < 1.29 is 8.42 Å². The van der Waals surface area contributed by atoms with Gasteiger partial charge in [0.15, 0.2) is 0 Å². The summed E-state index contributed by atoms with van der Waals surface area (Å²) in [7, 11) is -2.02. The molecule has 0 saturated carbocycles. The van der Waals surface area contributed by atoms with E-state index in [1.807, 2.05) is 36.4 Å². The van der Waals surface area contributed by atoms with Crippen LogP contribution < -0.4 is 0 Å². The van der Waals surface area contributed by atoms with Gasteiger partial charge in [0.25, 0.3) is 0 Å². The van der Waals surface area contributed by atoms with Gasteiger partial charge in [0.05, 0.1) is 16.5 Å². The fourth-order valence-corrected chi connectivity index (χ4v) is 3.73. The second-order valence-electron chi connectivity index (χ2n) is 5.58. The molecule has 0 amide bonds. The molecule has 3 rings (SSSR count). The Balaban J connectivity index is 1.88. The van der Waals surface area contributed by atoms with Crippen molar-refractivity contribution in [2.24, 2.45) is 0 Å². The van der Waals surface area contributed by atoms with E-state index in [9.17, 15) is 8.42 Å². The van der Waals surface area contributed by atoms with Gasteiger partial charge in [0, 0.05) is 13.6 Å². The molecule has 0 saturated heterocycles. The molecule has 120 valence electrons. The molecule has 0 heterocycles. The number of sulfonamides is 1. The molecule has 0 bridgehead atoms. The molecule has 3 aromatic rings. The zero-order chi connectivity index (χ0) is 17.2. The summed E-state index contributed by atoms with van der Waals surface area (Å²) in [6, 6.07) is 21.8. The van der Waals surface area contributed by atoms with Crippen LogP contribution in [0, 0.1) is 11.3 Å². The van der Waals surface area contributed by atoms with Gasteiger partial charge < -0.3 is 0 Å². The monoisotopic (exact) mass is 336 g/mol. The summed E-state index contributed by atoms with van der Waals surface area (Å²) in [6.07, 6.45) is 0. The first-order chi connectivity index (χ1) is 11.5. The van der Waals surface area contributed by atoms with Gasteiger partial charge in [0.1, 0.15) is 0 Å². The van der Waals surface area contributed by atoms with Gasteiger partial charge in [0.2, 0.25) is 10.0 Å². The third kappa shape index (κ3) is 3.16. The molecule has 0 aromatic heterocycles. The molecule has 0 N–H and O–H groups in total. The van der Waals surface area contributed by atoms with Crippen LogP contribution >= 0.6 is 0 Å². The molecule has 0 aliphatic rings. The van der Waals surface area contributed by atoms with E-state index in [-0.39, 0.29) is 11.4 Å². The highest BCUT2D eigenvalue weighted by molar-refractivity contribution is 7.89. The molecular formula is C19H16N2O2S. The Morgan fingerprint density at radius 3 is 2.29 bits per heavy atom. The van der Waals surface area contributed by atoms with Gasteiger partial charge in [-0.05, 0) is 40.6 Å². The predicted octanol–water partition coefficient (Wildman–Crippen LogP) is 3.53. The van der Waals surface area contributed by atoms with E-state index in [4.69, 9.17) is 5.26 Å². The maximum absolute atomic E-state index is 12.8. The quantitative estimate of drug-likeness (QED) is 0.732. The van der Waals surface area contributed by atoms with Crippen LogP contribution in [-0.2, 0) is 16.6 Å². The molecule has 0 unspecified atom stereocenters. The van der Waals surface area contributed by atoms with E-state index in [1.165, 1.54) is 4.31 Å². The lowest BCUT2D eigenvalue weighted by Gasteiger charge is -2.17. The van der Waals surface area contributed by atoms with Crippen molar-refractivity contribution >= 4 is 20.8 Å². The summed E-state index contributed by atoms with van der Waals surface area (Å²) in [6.45, 7) is 0.251. The lowest BCUT2D eigenvalue weighted by atomic mass is 10.1. The maximum atomic E-state index is 12.8. The molecular weight excluding hydrogens is 320 g/mol. The lowest BCUT2D eigenvalue weighted by molar-refractivity contribution is 0.467. The second kappa shape index (κ2) is 6.44. The van der Waals surface area contributed by atoms with Crippen molar-refractivity contribution in [3.05, 3.63) is 77.9 Å². The molecule has 4 nitrogen and oxygen atoms in total. The highest BCUT2D eigenvalue weighted by atomic mass is 32.2. The molecule has 0 atom stereocenters. The minimum Gasteiger partial charge on any atom is -0.207 e. The predicted molar refractivity (Wildman–Crippen MR) is 93.8 cm³/mol. The number of hydrogen-bond acceptors (Lipinski definition) is 3. The summed E-state index contributed by atoms with van der Waals surface area (Å²) in [5.74, 6) is 0. The van der Waals surface area contributed by atoms with Gasteiger partial charge in [-0.3, -0.25) is 0 Å². The van der Waals surface area contributed by atoms with Gasteiger partial charge in [-0.1, -0.05) is 42.5 Å². The van der Waals surface area contributed by atoms with Crippen LogP contribution in [-0.4, -0.2) is 19.8 Å². The Hall–Kier alpha value is -2.68. The summed E-state index contributed by atoms with van der Waals surface area (Å²) >= 11 is 0. The summed E-state index contributed by atoms with van der Waals surface area (Å²) < 4.78 is 26.9. The number of nitriles is 1. The van der Waals surface area contributed by atoms with Crippen molar-refractivity contribution in [1.29, 1.82) is 5.26 Å². The van der Waals surface area contributed by atoms with Crippen molar-refractivity contribution in [3.8, 4) is 6.07 Å². The lowest BCUT2D eigenvalue weighted by Crippen LogP contribution is -2.26. The molecule has 24 heavy (non-hydrogen) atoms. The molecule has 0 spiro atoms. The molecule has 0 radical (unpaired) electrons. The number of nitrogens with zero attached hydrogens (tertiary/aromatic N) is 2.